The average Bonchev–Trinajstić information content (AvgIpc) is 0. The summed E-state index contributed by atoms with van der Waals surface area (Å²) in [5, 5.41) is 0. The zero-order valence-corrected chi connectivity index (χ0v) is 6.80. The van der Waals surface area contributed by atoms with Gasteiger partial charge >= 0.3 is 56.6 Å². The number of nitrogens with two attached hydrogens (primary N) is 3. The van der Waals surface area contributed by atoms with Crippen LogP contribution in [0.1, 0.15) is 0 Å². The van der Waals surface area contributed by atoms with Crippen molar-refractivity contribution in [2.45, 2.75) is 0 Å². The summed E-state index contributed by atoms with van der Waals surface area (Å²) in [6, 6.07) is 0. The van der Waals surface area contributed by atoms with Gasteiger partial charge in [0.05, 0.1) is 0 Å². The summed E-state index contributed by atoms with van der Waals surface area (Å²) >= 11 is 0. The van der Waals surface area contributed by atoms with Crippen LogP contribution in [-0.4, -0.2) is 54.6 Å². The molecule has 7 heavy (non-hydrogen) atoms. The first-order chi connectivity index (χ1) is 0. The minimum absolute atomic E-state index is 0. The van der Waals surface area contributed by atoms with Gasteiger partial charge in [0, 0.05) is 16.8 Å². The molecule has 0 heterocycles. The molecule has 0 saturated heterocycles. The quantitative estimate of drug-likeness (QED) is 0.328. The Hall–Kier alpha value is 1.87. The smallest absolute Gasteiger partial charge is 0.693 e. The topological polar surface area (TPSA) is 100 Å². The van der Waals surface area contributed by atoms with Crippen LogP contribution in [0.25, 0.3) is 18.5 Å². The molecule has 0 aromatic heterocycles. The zero-order chi connectivity index (χ0) is 0. The van der Waals surface area contributed by atoms with Crippen molar-refractivity contribution in [2.75, 3.05) is 0 Å². The van der Waals surface area contributed by atoms with Crippen molar-refractivity contribution in [3.05, 3.63) is 18.5 Å². The molecule has 0 aliphatic carbocycles. The molecule has 0 spiro atoms. The van der Waals surface area contributed by atoms with Gasteiger partial charge in [-0.25, -0.2) is 0 Å². The molecular formula is H6B2CaLiN3. The Bertz CT molecular complexity index is 12.9. The molecule has 6 N–H and O–H groups in total. The van der Waals surface area contributed by atoms with Crippen molar-refractivity contribution in [2.24, 2.45) is 0 Å². The van der Waals surface area contributed by atoms with Crippen molar-refractivity contribution in [1.82, 2.24) is 0 Å². The molecule has 3 nitrogen and oxygen atoms in total. The Labute approximate surface area is 90.8 Å². The van der Waals surface area contributed by atoms with Crippen LogP contribution in [0.5, 0.6) is 0 Å². The first kappa shape index (κ1) is 157. The Morgan fingerprint density at radius 2 is 0.571 bits per heavy atom. The monoisotopic (exact) mass is 117 g/mol. The summed E-state index contributed by atoms with van der Waals surface area (Å²) in [5.74, 6) is 0. The van der Waals surface area contributed by atoms with E-state index in [9.17, 15) is 0 Å². The predicted octanol–water partition coefficient (Wildman–Crippen LogP) is -1.99. The second-order valence-corrected chi connectivity index (χ2v) is 0. The van der Waals surface area contributed by atoms with E-state index >= 15 is 0 Å². The van der Waals surface area contributed by atoms with Gasteiger partial charge in [-0.1, -0.05) is 0 Å². The molecular weight excluding hydrogens is 111 g/mol. The molecule has 0 saturated carbocycles. The fourth-order valence-corrected chi connectivity index (χ4v) is 0. The van der Waals surface area contributed by atoms with Crippen LogP contribution in [-0.2, 0) is 0 Å². The van der Waals surface area contributed by atoms with Gasteiger partial charge in [0.15, 0.2) is 0 Å². The summed E-state index contributed by atoms with van der Waals surface area (Å²) in [6.45, 7) is 0. The minimum atomic E-state index is 0. The van der Waals surface area contributed by atoms with Crippen molar-refractivity contribution in [3.63, 3.8) is 0 Å². The van der Waals surface area contributed by atoms with Gasteiger partial charge in [-0.2, -0.15) is 0 Å². The molecule has 7 heteroatoms. The number of rotatable bonds is 0. The molecule has 6 radical (unpaired) electrons. The van der Waals surface area contributed by atoms with Crippen molar-refractivity contribution in [3.8, 4) is 0 Å². The maximum Gasteiger partial charge on any atom is 2.00 e. The molecule has 0 amide bonds. The maximum absolute atomic E-state index is 0. The van der Waals surface area contributed by atoms with Crippen molar-refractivity contribution >= 4 is 54.6 Å². The van der Waals surface area contributed by atoms with Crippen LogP contribution in [0, 0.1) is 0 Å². The maximum atomic E-state index is 0. The number of hydrogen-bond donors (Lipinski definition) is 0. The summed E-state index contributed by atoms with van der Waals surface area (Å²) in [6.07, 6.45) is 0. The Morgan fingerprint density at radius 1 is 0.571 bits per heavy atom. The van der Waals surface area contributed by atoms with Gasteiger partial charge in [0.25, 0.3) is 0 Å². The molecule has 0 aromatic carbocycles. The fraction of sp³-hybridized carbons (Fsp3) is 0. The van der Waals surface area contributed by atoms with E-state index in [1.165, 1.54) is 0 Å². The molecule has 0 fully saturated rings. The van der Waals surface area contributed by atoms with Crippen LogP contribution in [0.2, 0.25) is 0 Å². The largest absolute Gasteiger partial charge is 2.00 e. The van der Waals surface area contributed by atoms with E-state index < -0.39 is 0 Å². The van der Waals surface area contributed by atoms with Crippen LogP contribution in [0.15, 0.2) is 0 Å². The molecule has 0 rings (SSSR count). The fourth-order valence-electron chi connectivity index (χ4n) is 0. The summed E-state index contributed by atoms with van der Waals surface area (Å²) in [7, 11) is 0. The van der Waals surface area contributed by atoms with E-state index in [1.54, 1.807) is 0 Å². The number of hydrogen-bond acceptors (Lipinski definition) is 0. The Morgan fingerprint density at radius 3 is 0.571 bits per heavy atom. The predicted molar refractivity (Wildman–Crippen MR) is 33.1 cm³/mol. The normalized spacial score (nSPS) is 0. The summed E-state index contributed by atoms with van der Waals surface area (Å²) in [4.78, 5) is 0. The molecule has 0 bridgehead atoms. The first-order valence-corrected chi connectivity index (χ1v) is 0. The van der Waals surface area contributed by atoms with Gasteiger partial charge in [0.2, 0.25) is 0 Å². The third-order valence-electron chi connectivity index (χ3n) is 0. The van der Waals surface area contributed by atoms with E-state index in [0.717, 1.165) is 0 Å². The Kier molecular flexibility index (Phi) is 2390. The molecule has 0 unspecified atom stereocenters. The summed E-state index contributed by atoms with van der Waals surface area (Å²) < 4.78 is 0. The average molecular weight is 117 g/mol. The van der Waals surface area contributed by atoms with Gasteiger partial charge in [-0.05, 0) is 0 Å². The van der Waals surface area contributed by atoms with Crippen LogP contribution >= 0.6 is 0 Å². The molecule has 0 atom stereocenters. The van der Waals surface area contributed by atoms with Crippen molar-refractivity contribution < 1.29 is 18.9 Å². The van der Waals surface area contributed by atoms with Crippen LogP contribution in [0.4, 0.5) is 0 Å². The van der Waals surface area contributed by atoms with Crippen LogP contribution in [0.3, 0.4) is 0 Å². The van der Waals surface area contributed by atoms with Crippen LogP contribution < -0.4 is 18.9 Å². The SMILES string of the molecule is [B].[B].[Ca+2].[Li+].[NH2-].[NH2-].[NH2-]. The first-order valence-electron chi connectivity index (χ1n) is 0. The molecule has 0 aromatic rings. The van der Waals surface area contributed by atoms with E-state index in [4.69, 9.17) is 0 Å². The van der Waals surface area contributed by atoms with E-state index in [0.29, 0.717) is 0 Å². The van der Waals surface area contributed by atoms with Gasteiger partial charge in [0.1, 0.15) is 0 Å². The van der Waals surface area contributed by atoms with Gasteiger partial charge < -0.3 is 18.5 Å². The third-order valence-corrected chi connectivity index (χ3v) is 0. The second kappa shape index (κ2) is 106. The van der Waals surface area contributed by atoms with Gasteiger partial charge in [-0.15, -0.1) is 0 Å². The third kappa shape index (κ3) is 77.7. The van der Waals surface area contributed by atoms with Gasteiger partial charge in [-0.3, -0.25) is 0 Å². The minimum Gasteiger partial charge on any atom is -0.693 e. The summed E-state index contributed by atoms with van der Waals surface area (Å²) in [5.41, 5.74) is 0. The molecule has 0 aliphatic rings. The van der Waals surface area contributed by atoms with E-state index in [-0.39, 0.29) is 91.9 Å². The molecule has 30 valence electrons. The van der Waals surface area contributed by atoms with Crippen molar-refractivity contribution in [1.29, 1.82) is 0 Å². The zero-order valence-electron chi connectivity index (χ0n) is 4.59. The standard InChI is InChI=1S/2B.Ca.Li.3H2N/h;;;;3*1H2/q;;+2;+1;3*-1. The van der Waals surface area contributed by atoms with E-state index in [1.807, 2.05) is 0 Å². The van der Waals surface area contributed by atoms with E-state index in [2.05, 4.69) is 0 Å². The Balaban J connectivity index is 0. The molecule has 0 aliphatic heterocycles. The second-order valence-electron chi connectivity index (χ2n) is 0.